The number of esters is 2. The second-order valence-electron chi connectivity index (χ2n) is 6.47. The Morgan fingerprint density at radius 2 is 2.10 bits per heavy atom. The van der Waals surface area contributed by atoms with Gasteiger partial charge in [-0.3, -0.25) is 24.2 Å². The van der Waals surface area contributed by atoms with Crippen LogP contribution in [0.5, 0.6) is 0 Å². The van der Waals surface area contributed by atoms with Gasteiger partial charge in [-0.2, -0.15) is 4.98 Å². The maximum Gasteiger partial charge on any atom is 0.333 e. The number of nitrogens with one attached hydrogen (secondary N) is 1. The molecular formula is C16H19FN6O8. The van der Waals surface area contributed by atoms with Crippen molar-refractivity contribution < 1.29 is 38.2 Å². The van der Waals surface area contributed by atoms with Crippen LogP contribution in [0.25, 0.3) is 11.2 Å². The Bertz CT molecular complexity index is 1080. The van der Waals surface area contributed by atoms with Crippen molar-refractivity contribution in [1.29, 1.82) is 0 Å². The largest absolute Gasteiger partial charge is 0.454 e. The summed E-state index contributed by atoms with van der Waals surface area (Å²) in [6.45, 7) is 1.85. The molecule has 1 amide bonds. The molecule has 0 aliphatic carbocycles. The Balaban J connectivity index is 2.15. The summed E-state index contributed by atoms with van der Waals surface area (Å²) >= 11 is 0. The number of nitrogens with two attached hydrogens (primary N) is 1. The van der Waals surface area contributed by atoms with Crippen LogP contribution in [0.2, 0.25) is 0 Å². The van der Waals surface area contributed by atoms with E-state index in [4.69, 9.17) is 25.2 Å². The highest BCUT2D eigenvalue weighted by Crippen LogP contribution is 2.35. The molecule has 1 fully saturated rings. The van der Waals surface area contributed by atoms with E-state index < -0.39 is 54.9 Å². The zero-order chi connectivity index (χ0) is 22.9. The number of hydroxylamine groups is 1. The van der Waals surface area contributed by atoms with Gasteiger partial charge in [0.15, 0.2) is 18.0 Å². The highest BCUT2D eigenvalue weighted by Gasteiger charge is 2.51. The highest BCUT2D eigenvalue weighted by atomic mass is 19.1. The molecule has 0 unspecified atom stereocenters. The lowest BCUT2D eigenvalue weighted by Crippen LogP contribution is -2.38. The molecule has 0 bridgehead atoms. The molecule has 1 aliphatic rings. The number of imidazole rings is 1. The molecule has 4 N–H and O–H groups in total. The van der Waals surface area contributed by atoms with Crippen molar-refractivity contribution in [1.82, 2.24) is 24.6 Å². The van der Waals surface area contributed by atoms with E-state index in [0.29, 0.717) is 0 Å². The Morgan fingerprint density at radius 3 is 2.71 bits per heavy atom. The van der Waals surface area contributed by atoms with Crippen LogP contribution in [-0.2, 0) is 35.1 Å². The maximum absolute atomic E-state index is 15.0. The number of hydrogen-bond donors (Lipinski definition) is 3. The number of carbonyl (C=O) groups excluding carboxylic acids is 3. The van der Waals surface area contributed by atoms with E-state index in [1.165, 1.54) is 12.4 Å². The van der Waals surface area contributed by atoms with Crippen LogP contribution >= 0.6 is 0 Å². The van der Waals surface area contributed by atoms with Crippen LogP contribution in [0.3, 0.4) is 0 Å². The third-order valence-electron chi connectivity index (χ3n) is 4.37. The molecule has 0 spiro atoms. The molecular weight excluding hydrogens is 423 g/mol. The van der Waals surface area contributed by atoms with Crippen molar-refractivity contribution >= 4 is 35.0 Å². The molecule has 2 aromatic rings. The van der Waals surface area contributed by atoms with E-state index in [1.807, 2.05) is 0 Å². The topological polar surface area (TPSA) is 190 Å². The molecule has 31 heavy (non-hydrogen) atoms. The number of anilines is 1. The molecule has 1 aliphatic heterocycles. The first kappa shape index (κ1) is 22.1. The van der Waals surface area contributed by atoms with Gasteiger partial charge >= 0.3 is 17.6 Å². The predicted molar refractivity (Wildman–Crippen MR) is 96.9 cm³/mol. The number of nitrogens with zero attached hydrogens (tertiary/aromatic N) is 4. The monoisotopic (exact) mass is 442 g/mol. The van der Waals surface area contributed by atoms with Gasteiger partial charge < -0.3 is 19.9 Å². The van der Waals surface area contributed by atoms with E-state index in [9.17, 15) is 23.6 Å². The van der Waals surface area contributed by atoms with E-state index in [-0.39, 0.29) is 23.5 Å². The summed E-state index contributed by atoms with van der Waals surface area (Å²) in [5.41, 5.74) is 5.87. The fourth-order valence-corrected chi connectivity index (χ4v) is 3.06. The second-order valence-corrected chi connectivity index (χ2v) is 6.47. The summed E-state index contributed by atoms with van der Waals surface area (Å²) in [5.74, 6) is -2.86. The standard InChI is InChI=1S/C16H19FN6O8/c1-3-9(26)30-14-10(17)11(29-6(2)24)13(31-14)23-12-7(4-19-15(18)20-12)22(16(23)27)5-8(25)21-28/h4,10-11,13-14,28H,3,5H2,1-2H3,(H,21,25)(H2,18,19,20)/t10-,11-,13-,14+/m1/s1. The van der Waals surface area contributed by atoms with Gasteiger partial charge in [0.25, 0.3) is 5.91 Å². The van der Waals surface area contributed by atoms with Crippen LogP contribution in [0, 0.1) is 0 Å². The molecule has 1 saturated heterocycles. The second kappa shape index (κ2) is 8.65. The number of carbonyl (C=O) groups is 3. The van der Waals surface area contributed by atoms with Crippen LogP contribution in [0.1, 0.15) is 26.5 Å². The number of amides is 1. The van der Waals surface area contributed by atoms with Crippen LogP contribution in [-0.4, -0.2) is 60.7 Å². The first-order valence-corrected chi connectivity index (χ1v) is 9.00. The number of alkyl halides is 1. The van der Waals surface area contributed by atoms with Gasteiger partial charge in [-0.1, -0.05) is 6.92 Å². The molecule has 15 heteroatoms. The molecule has 0 radical (unpaired) electrons. The Morgan fingerprint density at radius 1 is 1.39 bits per heavy atom. The van der Waals surface area contributed by atoms with Crippen LogP contribution in [0.15, 0.2) is 11.0 Å². The smallest absolute Gasteiger partial charge is 0.333 e. The average molecular weight is 442 g/mol. The van der Waals surface area contributed by atoms with Gasteiger partial charge in [-0.25, -0.2) is 24.2 Å². The van der Waals surface area contributed by atoms with Crippen LogP contribution < -0.4 is 16.9 Å². The molecule has 3 rings (SSSR count). The number of nitrogen functional groups attached to an aromatic ring is 1. The number of halogens is 1. The quantitative estimate of drug-likeness (QED) is 0.275. The van der Waals surface area contributed by atoms with Gasteiger partial charge in [0.05, 0.1) is 6.20 Å². The van der Waals surface area contributed by atoms with E-state index >= 15 is 0 Å². The van der Waals surface area contributed by atoms with Gasteiger partial charge in [-0.15, -0.1) is 0 Å². The first-order valence-electron chi connectivity index (χ1n) is 9.00. The minimum absolute atomic E-state index is 0.00242. The normalized spacial score (nSPS) is 23.0. The molecule has 4 atom stereocenters. The van der Waals surface area contributed by atoms with Gasteiger partial charge in [-0.05, 0) is 0 Å². The molecule has 14 nitrogen and oxygen atoms in total. The lowest BCUT2D eigenvalue weighted by molar-refractivity contribution is -0.188. The Kier molecular flexibility index (Phi) is 6.16. The summed E-state index contributed by atoms with van der Waals surface area (Å²) < 4.78 is 32.0. The van der Waals surface area contributed by atoms with Crippen molar-refractivity contribution in [2.75, 3.05) is 5.73 Å². The maximum atomic E-state index is 15.0. The SMILES string of the molecule is CCC(=O)O[C@H]1O[C@@H](n2c(=O)n(CC(=O)NO)c3cnc(N)nc32)[C@H](OC(C)=O)[C@H]1F. The van der Waals surface area contributed by atoms with Crippen LogP contribution in [0.4, 0.5) is 10.3 Å². The first-order chi connectivity index (χ1) is 14.7. The van der Waals surface area contributed by atoms with E-state index in [0.717, 1.165) is 22.3 Å². The van der Waals surface area contributed by atoms with Crippen molar-refractivity contribution in [3.63, 3.8) is 0 Å². The van der Waals surface area contributed by atoms with Gasteiger partial charge in [0, 0.05) is 13.3 Å². The third kappa shape index (κ3) is 4.17. The lowest BCUT2D eigenvalue weighted by atomic mass is 10.2. The van der Waals surface area contributed by atoms with Gasteiger partial charge in [0.1, 0.15) is 12.1 Å². The van der Waals surface area contributed by atoms with Crippen molar-refractivity contribution in [3.8, 4) is 0 Å². The van der Waals surface area contributed by atoms with Crippen molar-refractivity contribution in [2.24, 2.45) is 0 Å². The summed E-state index contributed by atoms with van der Waals surface area (Å²) in [6.07, 6.45) is -6.14. The van der Waals surface area contributed by atoms with E-state index in [2.05, 4.69) is 9.97 Å². The summed E-state index contributed by atoms with van der Waals surface area (Å²) in [6, 6.07) is 0. The summed E-state index contributed by atoms with van der Waals surface area (Å²) in [7, 11) is 0. The number of fused-ring (bicyclic) bond motifs is 1. The molecule has 168 valence electrons. The zero-order valence-electron chi connectivity index (χ0n) is 16.4. The zero-order valence-corrected chi connectivity index (χ0v) is 16.4. The number of rotatable bonds is 6. The van der Waals surface area contributed by atoms with E-state index in [1.54, 1.807) is 0 Å². The van der Waals surface area contributed by atoms with Gasteiger partial charge in [0.2, 0.25) is 18.4 Å². The molecule has 0 aromatic carbocycles. The summed E-state index contributed by atoms with van der Waals surface area (Å²) in [4.78, 5) is 55.5. The highest BCUT2D eigenvalue weighted by molar-refractivity contribution is 5.78. The fraction of sp³-hybridized carbons (Fsp3) is 0.500. The summed E-state index contributed by atoms with van der Waals surface area (Å²) in [5, 5.41) is 8.79. The third-order valence-corrected chi connectivity index (χ3v) is 4.37. The predicted octanol–water partition coefficient (Wildman–Crippen LogP) is -1.24. The molecule has 3 heterocycles. The van der Waals surface area contributed by atoms with Crippen molar-refractivity contribution in [2.45, 2.75) is 51.6 Å². The minimum Gasteiger partial charge on any atom is -0.454 e. The van der Waals surface area contributed by atoms with Crippen molar-refractivity contribution in [3.05, 3.63) is 16.7 Å². The fourth-order valence-electron chi connectivity index (χ4n) is 3.06. The average Bonchev–Trinajstić information content (AvgIpc) is 3.15. The molecule has 0 saturated carbocycles. The Hall–Kier alpha value is -3.59. The number of ether oxygens (including phenoxy) is 3. The number of hydrogen-bond acceptors (Lipinski definition) is 11. The Labute approximate surface area is 172 Å². The minimum atomic E-state index is -2.13. The lowest BCUT2D eigenvalue weighted by Gasteiger charge is -2.19. The molecule has 2 aromatic heterocycles. The number of aromatic nitrogens is 4.